The Labute approximate surface area is 117 Å². The third kappa shape index (κ3) is 3.46. The second kappa shape index (κ2) is 6.55. The van der Waals surface area contributed by atoms with E-state index in [1.165, 1.54) is 11.1 Å². The number of benzene rings is 1. The van der Waals surface area contributed by atoms with Gasteiger partial charge in [-0.2, -0.15) is 0 Å². The van der Waals surface area contributed by atoms with Crippen molar-refractivity contribution < 1.29 is 9.84 Å². The lowest BCUT2D eigenvalue weighted by Gasteiger charge is -2.13. The number of hydrogen-bond donors (Lipinski definition) is 2. The monoisotopic (exact) mass is 313 g/mol. The Morgan fingerprint density at radius 1 is 1.50 bits per heavy atom. The van der Waals surface area contributed by atoms with Crippen LogP contribution in [0.1, 0.15) is 24.5 Å². The molecule has 1 aromatic rings. The second-order valence-corrected chi connectivity index (χ2v) is 5.82. The Morgan fingerprint density at radius 2 is 2.33 bits per heavy atom. The standard InChI is InChI=1S/C14H20BrNO2/c1-10(2-4-17)8-16-9-12-7-13(15)6-11-3-5-18-14(11)12/h6-7,10,16-17H,2-5,8-9H2,1H3. The van der Waals surface area contributed by atoms with Gasteiger partial charge in [0.1, 0.15) is 5.75 Å². The first kappa shape index (κ1) is 13.8. The van der Waals surface area contributed by atoms with Gasteiger partial charge in [-0.3, -0.25) is 0 Å². The molecule has 0 fully saturated rings. The lowest BCUT2D eigenvalue weighted by atomic mass is 10.1. The zero-order valence-electron chi connectivity index (χ0n) is 10.7. The number of fused-ring (bicyclic) bond motifs is 1. The fraction of sp³-hybridized carbons (Fsp3) is 0.571. The highest BCUT2D eigenvalue weighted by atomic mass is 79.9. The van der Waals surface area contributed by atoms with Crippen molar-refractivity contribution in [2.24, 2.45) is 5.92 Å². The summed E-state index contributed by atoms with van der Waals surface area (Å²) in [5.74, 6) is 1.55. The van der Waals surface area contributed by atoms with E-state index in [-0.39, 0.29) is 6.61 Å². The summed E-state index contributed by atoms with van der Waals surface area (Å²) in [7, 11) is 0. The van der Waals surface area contributed by atoms with Crippen LogP contribution >= 0.6 is 15.9 Å². The Hall–Kier alpha value is -0.580. The third-order valence-electron chi connectivity index (χ3n) is 3.26. The normalized spacial score (nSPS) is 15.3. The quantitative estimate of drug-likeness (QED) is 0.848. The van der Waals surface area contributed by atoms with Crippen LogP contribution in [0.3, 0.4) is 0 Å². The van der Waals surface area contributed by atoms with E-state index in [0.717, 1.165) is 42.8 Å². The Kier molecular flexibility index (Phi) is 5.03. The molecule has 0 aromatic heterocycles. The summed E-state index contributed by atoms with van der Waals surface area (Å²) in [5.41, 5.74) is 2.51. The van der Waals surface area contributed by atoms with E-state index in [4.69, 9.17) is 9.84 Å². The highest BCUT2D eigenvalue weighted by molar-refractivity contribution is 9.10. The first-order chi connectivity index (χ1) is 8.70. The van der Waals surface area contributed by atoms with Crippen LogP contribution in [0.4, 0.5) is 0 Å². The summed E-state index contributed by atoms with van der Waals surface area (Å²) in [4.78, 5) is 0. The average Bonchev–Trinajstić information content (AvgIpc) is 2.77. The van der Waals surface area contributed by atoms with Crippen LogP contribution in [0.15, 0.2) is 16.6 Å². The predicted molar refractivity (Wildman–Crippen MR) is 75.9 cm³/mol. The van der Waals surface area contributed by atoms with Crippen LogP contribution in [0.25, 0.3) is 0 Å². The molecule has 1 aromatic carbocycles. The van der Waals surface area contributed by atoms with Crippen LogP contribution in [0, 0.1) is 5.92 Å². The van der Waals surface area contributed by atoms with Crippen LogP contribution in [0.5, 0.6) is 5.75 Å². The van der Waals surface area contributed by atoms with Gasteiger partial charge in [-0.15, -0.1) is 0 Å². The molecule has 0 saturated carbocycles. The molecule has 0 aliphatic carbocycles. The second-order valence-electron chi connectivity index (χ2n) is 4.90. The Morgan fingerprint density at radius 3 is 3.11 bits per heavy atom. The molecule has 0 saturated heterocycles. The van der Waals surface area contributed by atoms with E-state index in [1.54, 1.807) is 0 Å². The van der Waals surface area contributed by atoms with E-state index < -0.39 is 0 Å². The first-order valence-electron chi connectivity index (χ1n) is 6.46. The molecular weight excluding hydrogens is 294 g/mol. The summed E-state index contributed by atoms with van der Waals surface area (Å²) >= 11 is 3.55. The van der Waals surface area contributed by atoms with Crippen LogP contribution in [-0.2, 0) is 13.0 Å². The number of aliphatic hydroxyl groups is 1. The minimum atomic E-state index is 0.262. The van der Waals surface area contributed by atoms with E-state index in [0.29, 0.717) is 5.92 Å². The van der Waals surface area contributed by atoms with Gasteiger partial charge in [0.15, 0.2) is 0 Å². The highest BCUT2D eigenvalue weighted by Crippen LogP contribution is 2.32. The smallest absolute Gasteiger partial charge is 0.127 e. The van der Waals surface area contributed by atoms with E-state index >= 15 is 0 Å². The fourth-order valence-corrected chi connectivity index (χ4v) is 2.81. The maximum atomic E-state index is 8.86. The molecule has 18 heavy (non-hydrogen) atoms. The molecule has 1 atom stereocenters. The van der Waals surface area contributed by atoms with Gasteiger partial charge < -0.3 is 15.2 Å². The van der Waals surface area contributed by atoms with Crippen molar-refractivity contribution in [3.63, 3.8) is 0 Å². The minimum Gasteiger partial charge on any atom is -0.493 e. The zero-order chi connectivity index (χ0) is 13.0. The molecule has 2 rings (SSSR count). The predicted octanol–water partition coefficient (Wildman–Crippen LogP) is 2.49. The van der Waals surface area contributed by atoms with Crippen LogP contribution in [0.2, 0.25) is 0 Å². The number of aliphatic hydroxyl groups excluding tert-OH is 1. The average molecular weight is 314 g/mol. The van der Waals surface area contributed by atoms with Crippen molar-refractivity contribution in [1.82, 2.24) is 5.32 Å². The van der Waals surface area contributed by atoms with Crippen LogP contribution in [-0.4, -0.2) is 24.9 Å². The van der Waals surface area contributed by atoms with Crippen molar-refractivity contribution >= 4 is 15.9 Å². The number of nitrogens with one attached hydrogen (secondary N) is 1. The van der Waals surface area contributed by atoms with Gasteiger partial charge in [0.05, 0.1) is 6.61 Å². The largest absolute Gasteiger partial charge is 0.493 e. The summed E-state index contributed by atoms with van der Waals surface area (Å²) in [6.45, 7) is 4.93. The SMILES string of the molecule is CC(CCO)CNCc1cc(Br)cc2c1OCC2. The summed E-state index contributed by atoms with van der Waals surface area (Å²) in [6.07, 6.45) is 1.85. The van der Waals surface area contributed by atoms with E-state index in [1.807, 2.05) is 0 Å². The molecule has 3 nitrogen and oxygen atoms in total. The Balaban J connectivity index is 1.93. The van der Waals surface area contributed by atoms with Crippen molar-refractivity contribution in [3.05, 3.63) is 27.7 Å². The van der Waals surface area contributed by atoms with Gasteiger partial charge in [0, 0.05) is 29.6 Å². The molecule has 4 heteroatoms. The molecule has 0 radical (unpaired) electrons. The van der Waals surface area contributed by atoms with Crippen molar-refractivity contribution in [2.45, 2.75) is 26.3 Å². The Bertz CT molecular complexity index is 409. The maximum absolute atomic E-state index is 8.86. The topological polar surface area (TPSA) is 41.5 Å². The number of ether oxygens (including phenoxy) is 1. The van der Waals surface area contributed by atoms with Crippen molar-refractivity contribution in [3.8, 4) is 5.75 Å². The summed E-state index contributed by atoms with van der Waals surface area (Å²) in [5, 5.41) is 12.3. The summed E-state index contributed by atoms with van der Waals surface area (Å²) in [6, 6.07) is 4.26. The van der Waals surface area contributed by atoms with Crippen molar-refractivity contribution in [2.75, 3.05) is 19.8 Å². The molecule has 1 unspecified atom stereocenters. The summed E-state index contributed by atoms with van der Waals surface area (Å²) < 4.78 is 6.81. The van der Waals surface area contributed by atoms with Gasteiger partial charge in [-0.25, -0.2) is 0 Å². The first-order valence-corrected chi connectivity index (χ1v) is 7.25. The maximum Gasteiger partial charge on any atom is 0.127 e. The van der Waals surface area contributed by atoms with E-state index in [9.17, 15) is 0 Å². The minimum absolute atomic E-state index is 0.262. The molecule has 2 N–H and O–H groups in total. The highest BCUT2D eigenvalue weighted by Gasteiger charge is 2.17. The zero-order valence-corrected chi connectivity index (χ0v) is 12.3. The number of halogens is 1. The molecular formula is C14H20BrNO2. The van der Waals surface area contributed by atoms with Gasteiger partial charge in [-0.05, 0) is 36.6 Å². The third-order valence-corrected chi connectivity index (χ3v) is 3.71. The molecule has 1 aliphatic rings. The molecule has 1 heterocycles. The van der Waals surface area contributed by atoms with Crippen molar-refractivity contribution in [1.29, 1.82) is 0 Å². The van der Waals surface area contributed by atoms with Gasteiger partial charge in [-0.1, -0.05) is 22.9 Å². The fourth-order valence-electron chi connectivity index (χ4n) is 2.25. The van der Waals surface area contributed by atoms with Crippen LogP contribution < -0.4 is 10.1 Å². The van der Waals surface area contributed by atoms with E-state index in [2.05, 4.69) is 40.3 Å². The molecule has 0 spiro atoms. The van der Waals surface area contributed by atoms with Gasteiger partial charge in [0.25, 0.3) is 0 Å². The lowest BCUT2D eigenvalue weighted by molar-refractivity contribution is 0.260. The van der Waals surface area contributed by atoms with Gasteiger partial charge in [0.2, 0.25) is 0 Å². The molecule has 0 amide bonds. The van der Waals surface area contributed by atoms with Gasteiger partial charge >= 0.3 is 0 Å². The number of rotatable bonds is 6. The number of hydrogen-bond acceptors (Lipinski definition) is 3. The molecule has 1 aliphatic heterocycles. The molecule has 0 bridgehead atoms. The lowest BCUT2D eigenvalue weighted by Crippen LogP contribution is -2.21. The molecule has 100 valence electrons.